The number of hydrogen-bond donors (Lipinski definition) is 2. The SMILES string of the molecule is CCN(N)c1ccc(C(CC(=O)OCc2ccccc2)c2ccc(C)c(CN3CCOc4ccccc4C3)c2)c(Cl)c1N. The van der Waals surface area contributed by atoms with Crippen molar-refractivity contribution in [3.63, 3.8) is 0 Å². The fourth-order valence-corrected chi connectivity index (χ4v) is 5.79. The summed E-state index contributed by atoms with van der Waals surface area (Å²) >= 11 is 6.91. The molecule has 7 nitrogen and oxygen atoms in total. The number of aryl methyl sites for hydroxylation is 1. The maximum Gasteiger partial charge on any atom is 0.307 e. The number of rotatable bonds is 10. The molecule has 0 bridgehead atoms. The number of benzene rings is 4. The van der Waals surface area contributed by atoms with Crippen molar-refractivity contribution in [3.8, 4) is 5.75 Å². The van der Waals surface area contributed by atoms with Crippen molar-refractivity contribution < 1.29 is 14.3 Å². The van der Waals surface area contributed by atoms with Crippen molar-refractivity contribution in [1.82, 2.24) is 4.90 Å². The van der Waals surface area contributed by atoms with Crippen molar-refractivity contribution in [2.75, 3.05) is 30.4 Å². The van der Waals surface area contributed by atoms with Gasteiger partial charge < -0.3 is 20.2 Å². The molecule has 8 heteroatoms. The highest BCUT2D eigenvalue weighted by molar-refractivity contribution is 6.34. The van der Waals surface area contributed by atoms with Crippen molar-refractivity contribution >= 4 is 28.9 Å². The number of anilines is 2. The molecular weight excluding hydrogens is 560 g/mol. The number of nitrogen functional groups attached to an aromatic ring is 1. The summed E-state index contributed by atoms with van der Waals surface area (Å²) in [5.41, 5.74) is 13.7. The van der Waals surface area contributed by atoms with E-state index < -0.39 is 0 Å². The standard InChI is InChI=1S/C35H39ClN4O3/c1-3-40(38)31-16-15-29(34(36)35(31)37)30(20-33(41)43-23-25-9-5-4-6-10-25)26-14-13-24(2)28(19-26)22-39-17-18-42-32-12-8-7-11-27(32)21-39/h4-16,19,30H,3,17-18,20-23,37-38H2,1-2H3. The number of para-hydroxylation sites is 1. The molecule has 0 fully saturated rings. The van der Waals surface area contributed by atoms with E-state index in [0.717, 1.165) is 42.1 Å². The molecule has 0 aromatic heterocycles. The first-order valence-corrected chi connectivity index (χ1v) is 15.0. The first kappa shape index (κ1) is 30.4. The second kappa shape index (κ2) is 14.0. The molecule has 0 amide bonds. The average molecular weight is 599 g/mol. The van der Waals surface area contributed by atoms with Crippen LogP contribution >= 0.6 is 11.6 Å². The Bertz CT molecular complexity index is 1560. The van der Waals surface area contributed by atoms with E-state index in [1.54, 1.807) is 5.01 Å². The van der Waals surface area contributed by atoms with Gasteiger partial charge in [-0.25, -0.2) is 5.84 Å². The lowest BCUT2D eigenvalue weighted by Gasteiger charge is -2.25. The highest BCUT2D eigenvalue weighted by Gasteiger charge is 2.25. The lowest BCUT2D eigenvalue weighted by Crippen LogP contribution is -2.31. The molecule has 1 unspecified atom stereocenters. The molecule has 224 valence electrons. The average Bonchev–Trinajstić information content (AvgIpc) is 3.23. The molecule has 0 spiro atoms. The summed E-state index contributed by atoms with van der Waals surface area (Å²) in [5.74, 6) is 6.41. The van der Waals surface area contributed by atoms with Crippen LogP contribution in [-0.4, -0.2) is 30.6 Å². The van der Waals surface area contributed by atoms with Crippen molar-refractivity contribution in [3.05, 3.63) is 123 Å². The molecule has 0 saturated heterocycles. The lowest BCUT2D eigenvalue weighted by molar-refractivity contribution is -0.145. The normalized spacial score (nSPS) is 13.9. The summed E-state index contributed by atoms with van der Waals surface area (Å²) in [4.78, 5) is 15.7. The van der Waals surface area contributed by atoms with E-state index in [0.29, 0.717) is 29.5 Å². The largest absolute Gasteiger partial charge is 0.492 e. The van der Waals surface area contributed by atoms with Crippen LogP contribution in [0.5, 0.6) is 5.75 Å². The molecule has 1 heterocycles. The maximum absolute atomic E-state index is 13.3. The number of nitrogens with two attached hydrogens (primary N) is 2. The zero-order valence-electron chi connectivity index (χ0n) is 24.8. The van der Waals surface area contributed by atoms with E-state index in [9.17, 15) is 4.79 Å². The Morgan fingerprint density at radius 1 is 1.07 bits per heavy atom. The zero-order valence-corrected chi connectivity index (χ0v) is 25.5. The topological polar surface area (TPSA) is 94.0 Å². The molecule has 1 aliphatic rings. The Kier molecular flexibility index (Phi) is 9.87. The Hall–Kier alpha value is -4.04. The Labute approximate surface area is 258 Å². The van der Waals surface area contributed by atoms with Gasteiger partial charge in [-0.05, 0) is 53.8 Å². The molecule has 4 aromatic carbocycles. The number of carbonyl (C=O) groups is 1. The summed E-state index contributed by atoms with van der Waals surface area (Å²) in [6, 6.07) is 28.0. The van der Waals surface area contributed by atoms with Crippen LogP contribution in [0.25, 0.3) is 0 Å². The van der Waals surface area contributed by atoms with Gasteiger partial charge >= 0.3 is 5.97 Å². The third kappa shape index (κ3) is 7.31. The number of fused-ring (bicyclic) bond motifs is 1. The van der Waals surface area contributed by atoms with Crippen LogP contribution in [0.2, 0.25) is 5.02 Å². The van der Waals surface area contributed by atoms with Crippen LogP contribution in [0.3, 0.4) is 0 Å². The Morgan fingerprint density at radius 3 is 2.63 bits per heavy atom. The van der Waals surface area contributed by atoms with E-state index in [2.05, 4.69) is 36.1 Å². The Balaban J connectivity index is 1.45. The third-order valence-electron chi connectivity index (χ3n) is 8.03. The monoisotopic (exact) mass is 598 g/mol. The molecule has 1 atom stereocenters. The number of esters is 1. The van der Waals surface area contributed by atoms with Gasteiger partial charge in [-0.15, -0.1) is 0 Å². The van der Waals surface area contributed by atoms with Gasteiger partial charge in [-0.3, -0.25) is 9.69 Å². The number of halogens is 1. The van der Waals surface area contributed by atoms with E-state index >= 15 is 0 Å². The van der Waals surface area contributed by atoms with Gasteiger partial charge in [0.05, 0.1) is 22.8 Å². The lowest BCUT2D eigenvalue weighted by atomic mass is 9.86. The van der Waals surface area contributed by atoms with Crippen molar-refractivity contribution in [2.45, 2.75) is 45.9 Å². The van der Waals surface area contributed by atoms with E-state index in [1.807, 2.05) is 67.6 Å². The molecule has 1 aliphatic heterocycles. The summed E-state index contributed by atoms with van der Waals surface area (Å²) in [7, 11) is 0. The summed E-state index contributed by atoms with van der Waals surface area (Å²) in [5, 5.41) is 1.95. The highest BCUT2D eigenvalue weighted by Crippen LogP contribution is 2.40. The molecular formula is C35H39ClN4O3. The minimum absolute atomic E-state index is 0.110. The van der Waals surface area contributed by atoms with E-state index in [4.69, 9.17) is 32.7 Å². The van der Waals surface area contributed by atoms with Gasteiger partial charge in [0.2, 0.25) is 0 Å². The predicted octanol–water partition coefficient (Wildman–Crippen LogP) is 6.59. The van der Waals surface area contributed by atoms with Gasteiger partial charge in [-0.1, -0.05) is 84.4 Å². The zero-order chi connectivity index (χ0) is 30.3. The van der Waals surface area contributed by atoms with Crippen LogP contribution < -0.4 is 21.3 Å². The fraction of sp³-hybridized carbons (Fsp3) is 0.286. The molecule has 0 saturated carbocycles. The van der Waals surface area contributed by atoms with Gasteiger partial charge in [0, 0.05) is 37.7 Å². The second-order valence-corrected chi connectivity index (χ2v) is 11.3. The van der Waals surface area contributed by atoms with Gasteiger partial charge in [0.25, 0.3) is 0 Å². The maximum atomic E-state index is 13.3. The first-order chi connectivity index (χ1) is 20.8. The number of hydrazine groups is 1. The van der Waals surface area contributed by atoms with Crippen LogP contribution in [-0.2, 0) is 29.2 Å². The van der Waals surface area contributed by atoms with Crippen LogP contribution in [0.15, 0.2) is 84.9 Å². The summed E-state index contributed by atoms with van der Waals surface area (Å²) < 4.78 is 11.7. The highest BCUT2D eigenvalue weighted by atomic mass is 35.5. The van der Waals surface area contributed by atoms with Crippen molar-refractivity contribution in [1.29, 1.82) is 0 Å². The first-order valence-electron chi connectivity index (χ1n) is 14.7. The van der Waals surface area contributed by atoms with Crippen LogP contribution in [0.4, 0.5) is 11.4 Å². The smallest absolute Gasteiger partial charge is 0.307 e. The summed E-state index contributed by atoms with van der Waals surface area (Å²) in [6.45, 7) is 7.82. The molecule has 5 rings (SSSR count). The molecule has 4 aromatic rings. The molecule has 0 radical (unpaired) electrons. The van der Waals surface area contributed by atoms with E-state index in [1.165, 1.54) is 16.7 Å². The molecule has 4 N–H and O–H groups in total. The minimum Gasteiger partial charge on any atom is -0.492 e. The van der Waals surface area contributed by atoms with Crippen molar-refractivity contribution in [2.24, 2.45) is 5.84 Å². The quantitative estimate of drug-likeness (QED) is 0.0920. The second-order valence-electron chi connectivity index (χ2n) is 10.9. The van der Waals surface area contributed by atoms with Gasteiger partial charge in [0.15, 0.2) is 0 Å². The van der Waals surface area contributed by atoms with Gasteiger partial charge in [-0.2, -0.15) is 0 Å². The predicted molar refractivity (Wildman–Crippen MR) is 173 cm³/mol. The van der Waals surface area contributed by atoms with Crippen LogP contribution in [0, 0.1) is 6.92 Å². The number of nitrogens with zero attached hydrogens (tertiary/aromatic N) is 2. The van der Waals surface area contributed by atoms with Gasteiger partial charge in [0.1, 0.15) is 19.0 Å². The van der Waals surface area contributed by atoms with E-state index in [-0.39, 0.29) is 24.9 Å². The molecule has 43 heavy (non-hydrogen) atoms. The minimum atomic E-state index is -0.368. The summed E-state index contributed by atoms with van der Waals surface area (Å²) in [6.07, 6.45) is 0.110. The third-order valence-corrected chi connectivity index (χ3v) is 8.45. The van der Waals surface area contributed by atoms with Crippen LogP contribution in [0.1, 0.15) is 52.6 Å². The Morgan fingerprint density at radius 2 is 1.84 bits per heavy atom. The molecule has 0 aliphatic carbocycles. The number of ether oxygens (including phenoxy) is 2. The number of carbonyl (C=O) groups excluding carboxylic acids is 1. The fourth-order valence-electron chi connectivity index (χ4n) is 5.49. The number of hydrogen-bond acceptors (Lipinski definition) is 7.